The van der Waals surface area contributed by atoms with Crippen LogP contribution in [0.4, 0.5) is 20.2 Å². The van der Waals surface area contributed by atoms with Crippen molar-refractivity contribution in [3.05, 3.63) is 52.1 Å². The van der Waals surface area contributed by atoms with Crippen molar-refractivity contribution < 1.29 is 13.7 Å². The Bertz CT molecular complexity index is 563. The maximum Gasteiger partial charge on any atom is 0.275 e. The summed E-state index contributed by atoms with van der Waals surface area (Å²) in [4.78, 5) is 16.4. The van der Waals surface area contributed by atoms with Crippen LogP contribution in [0.1, 0.15) is 5.82 Å². The monoisotopic (exact) mass is 268 g/mol. The number of aromatic amines is 1. The van der Waals surface area contributed by atoms with E-state index in [9.17, 15) is 18.9 Å². The second-order valence-electron chi connectivity index (χ2n) is 3.75. The first-order valence-corrected chi connectivity index (χ1v) is 5.43. The fraction of sp³-hybridized carbons (Fsp3) is 0.182. The van der Waals surface area contributed by atoms with E-state index in [4.69, 9.17) is 0 Å². The molecule has 1 aromatic heterocycles. The van der Waals surface area contributed by atoms with Crippen molar-refractivity contribution in [3.8, 4) is 0 Å². The zero-order valence-electron chi connectivity index (χ0n) is 9.69. The molecule has 0 aliphatic heterocycles. The number of hydrogen-bond acceptors (Lipinski definition) is 4. The van der Waals surface area contributed by atoms with Gasteiger partial charge in [0, 0.05) is 25.4 Å². The zero-order chi connectivity index (χ0) is 13.8. The molecule has 1 heterocycles. The number of halogens is 2. The highest BCUT2D eigenvalue weighted by Gasteiger charge is 2.16. The Hall–Kier alpha value is -2.51. The van der Waals surface area contributed by atoms with Crippen LogP contribution in [-0.2, 0) is 6.42 Å². The first-order chi connectivity index (χ1) is 9.08. The Balaban J connectivity index is 2.06. The molecule has 2 N–H and O–H groups in total. The summed E-state index contributed by atoms with van der Waals surface area (Å²) in [7, 11) is 0. The van der Waals surface area contributed by atoms with E-state index in [1.807, 2.05) is 0 Å². The number of non-ortho nitro benzene ring substituents is 1. The molecule has 0 spiro atoms. The van der Waals surface area contributed by atoms with Crippen molar-refractivity contribution in [2.24, 2.45) is 0 Å². The topological polar surface area (TPSA) is 83.8 Å². The third-order valence-electron chi connectivity index (χ3n) is 2.46. The van der Waals surface area contributed by atoms with Crippen molar-refractivity contribution >= 4 is 11.4 Å². The predicted octanol–water partition coefficient (Wildman–Crippen LogP) is 2.25. The van der Waals surface area contributed by atoms with E-state index in [0.29, 0.717) is 24.4 Å². The molecule has 100 valence electrons. The molecule has 0 saturated carbocycles. The van der Waals surface area contributed by atoms with Gasteiger partial charge in [0.05, 0.1) is 17.1 Å². The SMILES string of the molecule is O=[N+]([O-])c1cc(F)c(NCCc2ncc[nH]2)c(F)c1. The summed E-state index contributed by atoms with van der Waals surface area (Å²) in [5, 5.41) is 13.0. The number of benzene rings is 1. The van der Waals surface area contributed by atoms with Crippen LogP contribution in [0.2, 0.25) is 0 Å². The summed E-state index contributed by atoms with van der Waals surface area (Å²) in [5.74, 6) is -1.31. The number of nitrogens with zero attached hydrogens (tertiary/aromatic N) is 2. The number of anilines is 1. The van der Waals surface area contributed by atoms with Gasteiger partial charge in [0.25, 0.3) is 5.69 Å². The Morgan fingerprint density at radius 3 is 2.58 bits per heavy atom. The minimum absolute atomic E-state index is 0.249. The molecule has 0 atom stereocenters. The van der Waals surface area contributed by atoms with Crippen molar-refractivity contribution in [2.45, 2.75) is 6.42 Å². The van der Waals surface area contributed by atoms with E-state index in [1.165, 1.54) is 0 Å². The largest absolute Gasteiger partial charge is 0.380 e. The summed E-state index contributed by atoms with van der Waals surface area (Å²) in [6.07, 6.45) is 3.66. The summed E-state index contributed by atoms with van der Waals surface area (Å²) in [6.45, 7) is 0.249. The first-order valence-electron chi connectivity index (χ1n) is 5.43. The molecular weight excluding hydrogens is 258 g/mol. The zero-order valence-corrected chi connectivity index (χ0v) is 9.69. The van der Waals surface area contributed by atoms with E-state index in [-0.39, 0.29) is 12.2 Å². The summed E-state index contributed by atoms with van der Waals surface area (Å²) >= 11 is 0. The van der Waals surface area contributed by atoms with E-state index in [2.05, 4.69) is 15.3 Å². The minimum atomic E-state index is -0.994. The molecule has 0 aliphatic carbocycles. The number of rotatable bonds is 5. The Labute approximate surface area is 106 Å². The highest BCUT2D eigenvalue weighted by atomic mass is 19.1. The number of hydrogen-bond donors (Lipinski definition) is 2. The highest BCUT2D eigenvalue weighted by molar-refractivity contribution is 5.51. The standard InChI is InChI=1S/C11H10F2N4O2/c12-8-5-7(17(18)19)6-9(13)11(8)16-2-1-10-14-3-4-15-10/h3-6,16H,1-2H2,(H,14,15). The van der Waals surface area contributed by atoms with Crippen molar-refractivity contribution in [2.75, 3.05) is 11.9 Å². The lowest BCUT2D eigenvalue weighted by atomic mass is 10.2. The summed E-state index contributed by atoms with van der Waals surface area (Å²) in [5.41, 5.74) is -0.997. The molecule has 0 saturated heterocycles. The van der Waals surface area contributed by atoms with Gasteiger partial charge in [0.2, 0.25) is 0 Å². The molecule has 0 amide bonds. The van der Waals surface area contributed by atoms with Gasteiger partial charge >= 0.3 is 0 Å². The van der Waals surface area contributed by atoms with Crippen LogP contribution in [0.25, 0.3) is 0 Å². The quantitative estimate of drug-likeness (QED) is 0.643. The lowest BCUT2D eigenvalue weighted by molar-refractivity contribution is -0.385. The van der Waals surface area contributed by atoms with E-state index < -0.39 is 22.2 Å². The second-order valence-corrected chi connectivity index (χ2v) is 3.75. The number of nitrogens with one attached hydrogen (secondary N) is 2. The minimum Gasteiger partial charge on any atom is -0.380 e. The molecule has 2 rings (SSSR count). The average Bonchev–Trinajstić information content (AvgIpc) is 2.85. The van der Waals surface area contributed by atoms with Crippen molar-refractivity contribution in [1.29, 1.82) is 0 Å². The molecule has 8 heteroatoms. The summed E-state index contributed by atoms with van der Waals surface area (Å²) in [6, 6.07) is 1.36. The molecule has 0 aliphatic rings. The van der Waals surface area contributed by atoms with Gasteiger partial charge in [-0.3, -0.25) is 10.1 Å². The van der Waals surface area contributed by atoms with Gasteiger partial charge < -0.3 is 10.3 Å². The molecule has 0 unspecified atom stereocenters. The molecule has 19 heavy (non-hydrogen) atoms. The normalized spacial score (nSPS) is 10.4. The Morgan fingerprint density at radius 2 is 2.05 bits per heavy atom. The third-order valence-corrected chi connectivity index (χ3v) is 2.46. The van der Waals surface area contributed by atoms with Crippen LogP contribution >= 0.6 is 0 Å². The summed E-state index contributed by atoms with van der Waals surface area (Å²) < 4.78 is 27.0. The Kier molecular flexibility index (Phi) is 3.69. The van der Waals surface area contributed by atoms with Crippen LogP contribution in [0.15, 0.2) is 24.5 Å². The van der Waals surface area contributed by atoms with Gasteiger partial charge in [0.1, 0.15) is 11.5 Å². The van der Waals surface area contributed by atoms with E-state index in [1.54, 1.807) is 12.4 Å². The first kappa shape index (κ1) is 12.9. The van der Waals surface area contributed by atoms with Crippen LogP contribution in [0.5, 0.6) is 0 Å². The highest BCUT2D eigenvalue weighted by Crippen LogP contribution is 2.24. The van der Waals surface area contributed by atoms with Gasteiger partial charge in [-0.1, -0.05) is 0 Å². The van der Waals surface area contributed by atoms with Crippen LogP contribution < -0.4 is 5.32 Å². The molecule has 6 nitrogen and oxygen atoms in total. The van der Waals surface area contributed by atoms with Crippen LogP contribution in [0, 0.1) is 21.7 Å². The number of H-pyrrole nitrogens is 1. The average molecular weight is 268 g/mol. The second kappa shape index (κ2) is 5.42. The van der Waals surface area contributed by atoms with Gasteiger partial charge in [-0.15, -0.1) is 0 Å². The van der Waals surface area contributed by atoms with Crippen LogP contribution in [-0.4, -0.2) is 21.4 Å². The molecule has 0 fully saturated rings. The number of nitro benzene ring substituents is 1. The fourth-order valence-corrected chi connectivity index (χ4v) is 1.57. The Morgan fingerprint density at radius 1 is 1.37 bits per heavy atom. The van der Waals surface area contributed by atoms with E-state index in [0.717, 1.165) is 0 Å². The molecular formula is C11H10F2N4O2. The van der Waals surface area contributed by atoms with Crippen molar-refractivity contribution in [3.63, 3.8) is 0 Å². The number of aromatic nitrogens is 2. The molecule has 1 aromatic carbocycles. The van der Waals surface area contributed by atoms with E-state index >= 15 is 0 Å². The molecule has 0 radical (unpaired) electrons. The third kappa shape index (κ3) is 3.03. The number of imidazole rings is 1. The van der Waals surface area contributed by atoms with Crippen LogP contribution in [0.3, 0.4) is 0 Å². The van der Waals surface area contributed by atoms with Gasteiger partial charge in [-0.2, -0.15) is 0 Å². The van der Waals surface area contributed by atoms with Crippen molar-refractivity contribution in [1.82, 2.24) is 9.97 Å². The predicted molar refractivity (Wildman–Crippen MR) is 63.8 cm³/mol. The van der Waals surface area contributed by atoms with Gasteiger partial charge in [0.15, 0.2) is 11.6 Å². The lowest BCUT2D eigenvalue weighted by Crippen LogP contribution is -2.09. The maximum atomic E-state index is 13.5. The van der Waals surface area contributed by atoms with Gasteiger partial charge in [-0.25, -0.2) is 13.8 Å². The number of nitro groups is 1. The smallest absolute Gasteiger partial charge is 0.275 e. The fourth-order valence-electron chi connectivity index (χ4n) is 1.57. The molecule has 0 bridgehead atoms. The lowest BCUT2D eigenvalue weighted by Gasteiger charge is -2.07. The molecule has 2 aromatic rings. The van der Waals surface area contributed by atoms with Gasteiger partial charge in [-0.05, 0) is 0 Å². The maximum absolute atomic E-state index is 13.5.